The van der Waals surface area contributed by atoms with E-state index in [1.54, 1.807) is 6.07 Å². The van der Waals surface area contributed by atoms with Crippen LogP contribution in [0.1, 0.15) is 11.1 Å². The number of aromatic amines is 1. The van der Waals surface area contributed by atoms with Crippen LogP contribution in [0.4, 0.5) is 0 Å². The van der Waals surface area contributed by atoms with Crippen molar-refractivity contribution < 1.29 is 0 Å². The number of hydrogen-bond donors (Lipinski definition) is 1. The minimum atomic E-state index is -0.0625. The Bertz CT molecular complexity index is 540. The zero-order valence-corrected chi connectivity index (χ0v) is 8.87. The lowest BCUT2D eigenvalue weighted by Gasteiger charge is -2.06. The van der Waals surface area contributed by atoms with Gasteiger partial charge in [-0.1, -0.05) is 29.8 Å². The van der Waals surface area contributed by atoms with Crippen LogP contribution in [0.2, 0.25) is 0 Å². The van der Waals surface area contributed by atoms with E-state index in [0.29, 0.717) is 0 Å². The van der Waals surface area contributed by atoms with Crippen LogP contribution >= 0.6 is 0 Å². The molecule has 0 aliphatic carbocycles. The van der Waals surface area contributed by atoms with Crippen LogP contribution < -0.4 is 5.56 Å². The largest absolute Gasteiger partial charge is 0.322 e. The Balaban J connectivity index is 2.59. The first-order valence-electron chi connectivity index (χ1n) is 4.94. The third kappa shape index (κ3) is 1.99. The summed E-state index contributed by atoms with van der Waals surface area (Å²) in [6, 6.07) is 11.4. The molecule has 0 bridgehead atoms. The summed E-state index contributed by atoms with van der Waals surface area (Å²) in [6.45, 7) is 4.11. The molecule has 1 aromatic heterocycles. The van der Waals surface area contributed by atoms with E-state index in [4.69, 9.17) is 0 Å². The topological polar surface area (TPSA) is 32.9 Å². The molecule has 1 aromatic carbocycles. The molecule has 2 aromatic rings. The Kier molecular flexibility index (Phi) is 2.42. The summed E-state index contributed by atoms with van der Waals surface area (Å²) >= 11 is 0. The van der Waals surface area contributed by atoms with Gasteiger partial charge in [-0.2, -0.15) is 0 Å². The van der Waals surface area contributed by atoms with E-state index in [1.165, 1.54) is 17.2 Å². The number of aryl methyl sites for hydroxylation is 2. The fourth-order valence-electron chi connectivity index (χ4n) is 1.72. The Morgan fingerprint density at radius 3 is 2.53 bits per heavy atom. The van der Waals surface area contributed by atoms with Gasteiger partial charge in [0.1, 0.15) is 0 Å². The fourth-order valence-corrected chi connectivity index (χ4v) is 1.72. The molecule has 0 aliphatic rings. The first kappa shape index (κ1) is 9.71. The Hall–Kier alpha value is -1.83. The first-order chi connectivity index (χ1) is 7.16. The maximum absolute atomic E-state index is 11.2. The smallest absolute Gasteiger partial charge is 0.248 e. The molecule has 0 radical (unpaired) electrons. The fraction of sp³-hybridized carbons (Fsp3) is 0.154. The van der Waals surface area contributed by atoms with Gasteiger partial charge < -0.3 is 4.98 Å². The molecule has 15 heavy (non-hydrogen) atoms. The highest BCUT2D eigenvalue weighted by Gasteiger charge is 2.01. The summed E-state index contributed by atoms with van der Waals surface area (Å²) in [5.74, 6) is 0. The van der Waals surface area contributed by atoms with Crippen molar-refractivity contribution in [3.8, 4) is 11.3 Å². The number of pyridine rings is 1. The normalized spacial score (nSPS) is 10.3. The monoisotopic (exact) mass is 199 g/mol. The molecule has 0 fully saturated rings. The van der Waals surface area contributed by atoms with Crippen LogP contribution in [0.5, 0.6) is 0 Å². The van der Waals surface area contributed by atoms with E-state index in [0.717, 1.165) is 11.3 Å². The van der Waals surface area contributed by atoms with Crippen molar-refractivity contribution in [3.05, 3.63) is 57.9 Å². The van der Waals surface area contributed by atoms with Crippen LogP contribution in [0.3, 0.4) is 0 Å². The highest BCUT2D eigenvalue weighted by molar-refractivity contribution is 5.63. The van der Waals surface area contributed by atoms with E-state index in [2.05, 4.69) is 18.0 Å². The van der Waals surface area contributed by atoms with E-state index in [1.807, 2.05) is 25.1 Å². The van der Waals surface area contributed by atoms with Gasteiger partial charge >= 0.3 is 0 Å². The van der Waals surface area contributed by atoms with Crippen LogP contribution in [0.15, 0.2) is 41.2 Å². The summed E-state index contributed by atoms with van der Waals surface area (Å²) in [6.07, 6.45) is 0. The van der Waals surface area contributed by atoms with Crippen molar-refractivity contribution >= 4 is 0 Å². The summed E-state index contributed by atoms with van der Waals surface area (Å²) in [5.41, 5.74) is 4.30. The lowest BCUT2D eigenvalue weighted by atomic mass is 10.0. The van der Waals surface area contributed by atoms with Crippen LogP contribution in [0, 0.1) is 13.8 Å². The number of aromatic nitrogens is 1. The molecule has 0 saturated carbocycles. The van der Waals surface area contributed by atoms with Gasteiger partial charge in [-0.3, -0.25) is 4.79 Å². The van der Waals surface area contributed by atoms with Gasteiger partial charge in [-0.05, 0) is 25.5 Å². The van der Waals surface area contributed by atoms with Gasteiger partial charge in [0, 0.05) is 17.3 Å². The second kappa shape index (κ2) is 3.73. The molecule has 2 rings (SSSR count). The predicted octanol–water partition coefficient (Wildman–Crippen LogP) is 2.66. The van der Waals surface area contributed by atoms with Gasteiger partial charge in [0.2, 0.25) is 5.56 Å². The number of benzene rings is 1. The number of hydrogen-bond acceptors (Lipinski definition) is 1. The molecule has 2 heteroatoms. The quantitative estimate of drug-likeness (QED) is 0.752. The van der Waals surface area contributed by atoms with Crippen molar-refractivity contribution in [3.63, 3.8) is 0 Å². The van der Waals surface area contributed by atoms with Crippen molar-refractivity contribution in [1.82, 2.24) is 4.98 Å². The highest BCUT2D eigenvalue weighted by atomic mass is 16.1. The van der Waals surface area contributed by atoms with Gasteiger partial charge in [-0.15, -0.1) is 0 Å². The predicted molar refractivity (Wildman–Crippen MR) is 62.0 cm³/mol. The number of H-pyrrole nitrogens is 1. The van der Waals surface area contributed by atoms with Crippen molar-refractivity contribution in [2.24, 2.45) is 0 Å². The molecule has 0 unspecified atom stereocenters. The summed E-state index contributed by atoms with van der Waals surface area (Å²) in [4.78, 5) is 14.0. The molecular weight excluding hydrogens is 186 g/mol. The minimum absolute atomic E-state index is 0.0625. The second-order valence-electron chi connectivity index (χ2n) is 3.75. The molecule has 2 nitrogen and oxygen atoms in total. The minimum Gasteiger partial charge on any atom is -0.322 e. The summed E-state index contributed by atoms with van der Waals surface area (Å²) in [7, 11) is 0. The molecule has 76 valence electrons. The molecule has 1 heterocycles. The van der Waals surface area contributed by atoms with Crippen molar-refractivity contribution in [1.29, 1.82) is 0 Å². The molecule has 0 amide bonds. The van der Waals surface area contributed by atoms with Gasteiger partial charge in [0.15, 0.2) is 0 Å². The lowest BCUT2D eigenvalue weighted by molar-refractivity contribution is 1.23. The summed E-state index contributed by atoms with van der Waals surface area (Å²) < 4.78 is 0. The molecule has 0 aliphatic heterocycles. The molecule has 0 saturated heterocycles. The number of rotatable bonds is 1. The molecule has 0 spiro atoms. The standard InChI is InChI=1S/C13H13NO/c1-9-6-7-11(10(2)8-9)12-4-3-5-13(15)14-12/h3-8H,1-2H3,(H,14,15). The Morgan fingerprint density at radius 1 is 1.07 bits per heavy atom. The van der Waals surface area contributed by atoms with Crippen molar-refractivity contribution in [2.75, 3.05) is 0 Å². The zero-order valence-electron chi connectivity index (χ0n) is 8.87. The van der Waals surface area contributed by atoms with E-state index < -0.39 is 0 Å². The Labute approximate surface area is 88.6 Å². The maximum atomic E-state index is 11.2. The SMILES string of the molecule is Cc1ccc(-c2cccc(=O)[nH]2)c(C)c1. The highest BCUT2D eigenvalue weighted by Crippen LogP contribution is 2.20. The van der Waals surface area contributed by atoms with E-state index in [9.17, 15) is 4.79 Å². The zero-order chi connectivity index (χ0) is 10.8. The third-order valence-corrected chi connectivity index (χ3v) is 2.44. The molecule has 1 N–H and O–H groups in total. The van der Waals surface area contributed by atoms with E-state index >= 15 is 0 Å². The Morgan fingerprint density at radius 2 is 1.87 bits per heavy atom. The summed E-state index contributed by atoms with van der Waals surface area (Å²) in [5, 5.41) is 0. The van der Waals surface area contributed by atoms with Crippen LogP contribution in [0.25, 0.3) is 11.3 Å². The average Bonchev–Trinajstić information content (AvgIpc) is 2.17. The van der Waals surface area contributed by atoms with Gasteiger partial charge in [0.25, 0.3) is 0 Å². The third-order valence-electron chi connectivity index (χ3n) is 2.44. The van der Waals surface area contributed by atoms with Gasteiger partial charge in [0.05, 0.1) is 0 Å². The lowest BCUT2D eigenvalue weighted by Crippen LogP contribution is -2.04. The molecule has 0 atom stereocenters. The van der Waals surface area contributed by atoms with E-state index in [-0.39, 0.29) is 5.56 Å². The average molecular weight is 199 g/mol. The van der Waals surface area contributed by atoms with Gasteiger partial charge in [-0.25, -0.2) is 0 Å². The molecular formula is C13H13NO. The van der Waals surface area contributed by atoms with Crippen molar-refractivity contribution in [2.45, 2.75) is 13.8 Å². The first-order valence-corrected chi connectivity index (χ1v) is 4.94. The number of nitrogens with one attached hydrogen (secondary N) is 1. The van der Waals surface area contributed by atoms with Crippen LogP contribution in [-0.4, -0.2) is 4.98 Å². The maximum Gasteiger partial charge on any atom is 0.248 e. The van der Waals surface area contributed by atoms with Crippen LogP contribution in [-0.2, 0) is 0 Å². The second-order valence-corrected chi connectivity index (χ2v) is 3.75.